The molecule has 0 radical (unpaired) electrons. The molecule has 3 heterocycles. The van der Waals surface area contributed by atoms with E-state index in [0.717, 1.165) is 19.3 Å². The first kappa shape index (κ1) is 21.5. The number of fused-ring (bicyclic) bond motifs is 1. The summed E-state index contributed by atoms with van der Waals surface area (Å²) < 4.78 is 21.4. The van der Waals surface area contributed by atoms with Gasteiger partial charge in [-0.3, -0.25) is 4.57 Å². The van der Waals surface area contributed by atoms with Gasteiger partial charge in [0.25, 0.3) is 0 Å². The molecule has 1 saturated heterocycles. The Balaban J connectivity index is 1.34. The molecule has 9 nitrogen and oxygen atoms in total. The highest BCUT2D eigenvalue weighted by molar-refractivity contribution is 7.99. The van der Waals surface area contributed by atoms with Crippen LogP contribution in [-0.4, -0.2) is 71.0 Å². The van der Waals surface area contributed by atoms with Gasteiger partial charge in [0.2, 0.25) is 0 Å². The normalized spacial score (nSPS) is 30.2. The maximum atomic E-state index is 13.9. The number of hydrogen-bond acceptors (Lipinski definition) is 9. The Kier molecular flexibility index (Phi) is 5.99. The molecule has 1 aliphatic heterocycles. The minimum atomic E-state index is -1.21. The second-order valence-electron chi connectivity index (χ2n) is 8.08. The number of hydrogen-bond donors (Lipinski definition) is 4. The standard InChI is InChI=1S/C21H24FN5O4S/c22-11-4-1-2-7-15(11)32-8-14-17(29)18(30)21(31-14)27-10-25-16-19(23-9-24-20(16)27)26-12-5-3-6-13(12)28/h1-2,4,7,9-10,12-14,17-18,21,28-30H,3,5-6,8H2,(H,23,24,26)/t12-,13-,14+,17+,18+,21+/m1/s1. The van der Waals surface area contributed by atoms with E-state index in [4.69, 9.17) is 4.74 Å². The van der Waals surface area contributed by atoms with Crippen molar-refractivity contribution in [2.24, 2.45) is 0 Å². The van der Waals surface area contributed by atoms with E-state index in [9.17, 15) is 19.7 Å². The van der Waals surface area contributed by atoms with Crippen molar-refractivity contribution >= 4 is 28.7 Å². The van der Waals surface area contributed by atoms with Gasteiger partial charge in [-0.25, -0.2) is 19.3 Å². The van der Waals surface area contributed by atoms with E-state index < -0.39 is 30.6 Å². The number of imidazole rings is 1. The average molecular weight is 462 g/mol. The Bertz CT molecular complexity index is 1100. The van der Waals surface area contributed by atoms with E-state index in [1.807, 2.05) is 0 Å². The van der Waals surface area contributed by atoms with Crippen molar-refractivity contribution in [3.63, 3.8) is 0 Å². The lowest BCUT2D eigenvalue weighted by molar-refractivity contribution is -0.0289. The largest absolute Gasteiger partial charge is 0.391 e. The summed E-state index contributed by atoms with van der Waals surface area (Å²) in [5, 5.41) is 34.5. The molecule has 5 rings (SSSR count). The first-order valence-corrected chi connectivity index (χ1v) is 11.5. The first-order valence-electron chi connectivity index (χ1n) is 10.5. The van der Waals surface area contributed by atoms with Crippen LogP contribution in [0.2, 0.25) is 0 Å². The summed E-state index contributed by atoms with van der Waals surface area (Å²) in [6.07, 6.45) is 0.990. The highest BCUT2D eigenvalue weighted by Crippen LogP contribution is 2.35. The molecule has 1 aliphatic carbocycles. The van der Waals surface area contributed by atoms with Gasteiger partial charge in [-0.15, -0.1) is 11.8 Å². The smallest absolute Gasteiger partial charge is 0.167 e. The second kappa shape index (κ2) is 8.91. The summed E-state index contributed by atoms with van der Waals surface area (Å²) in [4.78, 5) is 13.4. The molecule has 0 spiro atoms. The monoisotopic (exact) mass is 461 g/mol. The second-order valence-corrected chi connectivity index (χ2v) is 9.14. The molecular weight excluding hydrogens is 437 g/mol. The fourth-order valence-electron chi connectivity index (χ4n) is 4.26. The topological polar surface area (TPSA) is 126 Å². The van der Waals surface area contributed by atoms with Crippen LogP contribution in [0.25, 0.3) is 11.2 Å². The van der Waals surface area contributed by atoms with Gasteiger partial charge in [-0.05, 0) is 31.4 Å². The van der Waals surface area contributed by atoms with Crippen molar-refractivity contribution < 1.29 is 24.4 Å². The Morgan fingerprint density at radius 1 is 1.12 bits per heavy atom. The zero-order chi connectivity index (χ0) is 22.2. The number of aromatic nitrogens is 4. The number of rotatable bonds is 6. The third-order valence-corrected chi connectivity index (χ3v) is 7.15. The van der Waals surface area contributed by atoms with Gasteiger partial charge in [0.05, 0.1) is 24.6 Å². The van der Waals surface area contributed by atoms with Crippen LogP contribution in [0.1, 0.15) is 25.5 Å². The Morgan fingerprint density at radius 2 is 1.97 bits per heavy atom. The van der Waals surface area contributed by atoms with Crippen molar-refractivity contribution in [1.29, 1.82) is 0 Å². The Hall–Kier alpha value is -2.31. The molecular formula is C21H24FN5O4S. The van der Waals surface area contributed by atoms with Crippen molar-refractivity contribution in [2.45, 2.75) is 60.8 Å². The van der Waals surface area contributed by atoms with E-state index in [1.165, 1.54) is 30.5 Å². The number of thioether (sulfide) groups is 1. The first-order chi connectivity index (χ1) is 15.5. The van der Waals surface area contributed by atoms with E-state index in [0.29, 0.717) is 21.9 Å². The van der Waals surface area contributed by atoms with Gasteiger partial charge in [0.15, 0.2) is 23.2 Å². The fourth-order valence-corrected chi connectivity index (χ4v) is 5.26. The van der Waals surface area contributed by atoms with Crippen LogP contribution in [0.5, 0.6) is 0 Å². The summed E-state index contributed by atoms with van der Waals surface area (Å²) in [6, 6.07) is 6.28. The van der Waals surface area contributed by atoms with Gasteiger partial charge in [0.1, 0.15) is 24.4 Å². The minimum Gasteiger partial charge on any atom is -0.391 e. The molecule has 2 fully saturated rings. The Morgan fingerprint density at radius 3 is 2.75 bits per heavy atom. The number of halogens is 1. The lowest BCUT2D eigenvalue weighted by Gasteiger charge is -2.18. The summed E-state index contributed by atoms with van der Waals surface area (Å²) in [5.41, 5.74) is 0.926. The summed E-state index contributed by atoms with van der Waals surface area (Å²) in [6.45, 7) is 0. The lowest BCUT2D eigenvalue weighted by atomic mass is 10.1. The highest BCUT2D eigenvalue weighted by Gasteiger charge is 2.44. The molecule has 4 N–H and O–H groups in total. The van der Waals surface area contributed by atoms with Gasteiger partial charge in [0, 0.05) is 10.6 Å². The van der Waals surface area contributed by atoms with Crippen LogP contribution >= 0.6 is 11.8 Å². The van der Waals surface area contributed by atoms with Crippen LogP contribution in [-0.2, 0) is 4.74 Å². The predicted octanol–water partition coefficient (Wildman–Crippen LogP) is 1.70. The number of ether oxygens (including phenoxy) is 1. The average Bonchev–Trinajstić information content (AvgIpc) is 3.47. The third kappa shape index (κ3) is 3.95. The molecule has 0 unspecified atom stereocenters. The molecule has 2 aromatic heterocycles. The molecule has 3 aromatic rings. The van der Waals surface area contributed by atoms with Crippen LogP contribution < -0.4 is 5.32 Å². The van der Waals surface area contributed by atoms with Gasteiger partial charge in [-0.1, -0.05) is 12.1 Å². The van der Waals surface area contributed by atoms with Gasteiger partial charge < -0.3 is 25.4 Å². The molecule has 11 heteroatoms. The van der Waals surface area contributed by atoms with Gasteiger partial charge >= 0.3 is 0 Å². The van der Waals surface area contributed by atoms with Crippen LogP contribution in [0, 0.1) is 5.82 Å². The van der Waals surface area contributed by atoms with Crippen molar-refractivity contribution in [3.8, 4) is 0 Å². The van der Waals surface area contributed by atoms with E-state index >= 15 is 0 Å². The predicted molar refractivity (Wildman–Crippen MR) is 116 cm³/mol. The quantitative estimate of drug-likeness (QED) is 0.406. The summed E-state index contributed by atoms with van der Waals surface area (Å²) in [5.74, 6) is 0.426. The third-order valence-electron chi connectivity index (χ3n) is 6.01. The molecule has 170 valence electrons. The molecule has 0 bridgehead atoms. The number of aliphatic hydroxyl groups is 3. The maximum absolute atomic E-state index is 13.9. The molecule has 32 heavy (non-hydrogen) atoms. The van der Waals surface area contributed by atoms with Crippen molar-refractivity contribution in [3.05, 3.63) is 42.7 Å². The zero-order valence-electron chi connectivity index (χ0n) is 17.1. The summed E-state index contributed by atoms with van der Waals surface area (Å²) in [7, 11) is 0. The van der Waals surface area contributed by atoms with Gasteiger partial charge in [-0.2, -0.15) is 0 Å². The van der Waals surface area contributed by atoms with E-state index in [-0.39, 0.29) is 17.6 Å². The Labute approximate surface area is 187 Å². The number of anilines is 1. The number of aliphatic hydroxyl groups excluding tert-OH is 3. The van der Waals surface area contributed by atoms with Crippen molar-refractivity contribution in [1.82, 2.24) is 19.5 Å². The van der Waals surface area contributed by atoms with Crippen molar-refractivity contribution in [2.75, 3.05) is 11.1 Å². The number of nitrogens with one attached hydrogen (secondary N) is 1. The molecule has 0 amide bonds. The lowest BCUT2D eigenvalue weighted by Crippen LogP contribution is -2.32. The molecule has 2 aliphatic rings. The highest BCUT2D eigenvalue weighted by atomic mass is 32.2. The zero-order valence-corrected chi connectivity index (χ0v) is 17.9. The molecule has 1 aromatic carbocycles. The fraction of sp³-hybridized carbons (Fsp3) is 0.476. The number of benzene rings is 1. The number of nitrogens with zero attached hydrogens (tertiary/aromatic N) is 4. The van der Waals surface area contributed by atoms with E-state index in [1.54, 1.807) is 22.8 Å². The summed E-state index contributed by atoms with van der Waals surface area (Å²) >= 11 is 1.22. The SMILES string of the molecule is O[C@@H]1[C@H](O)[C@@H](n2cnc3c(N[C@@H]4CCC[C@H]4O)ncnc32)O[C@H]1CSc1ccccc1F. The van der Waals surface area contributed by atoms with E-state index in [2.05, 4.69) is 20.3 Å². The molecule has 1 saturated carbocycles. The molecule has 6 atom stereocenters. The van der Waals surface area contributed by atoms with Crippen LogP contribution in [0.3, 0.4) is 0 Å². The minimum absolute atomic E-state index is 0.104. The van der Waals surface area contributed by atoms with Crippen LogP contribution in [0.15, 0.2) is 41.8 Å². The maximum Gasteiger partial charge on any atom is 0.167 e. The van der Waals surface area contributed by atoms with Crippen LogP contribution in [0.4, 0.5) is 10.2 Å².